The van der Waals surface area contributed by atoms with Gasteiger partial charge in [-0.05, 0) is 0 Å². The third-order valence-corrected chi connectivity index (χ3v) is 0. The van der Waals surface area contributed by atoms with Crippen LogP contribution in [-0.2, 0) is 50.3 Å². The van der Waals surface area contributed by atoms with Crippen molar-refractivity contribution in [2.45, 2.75) is 0 Å². The van der Waals surface area contributed by atoms with Crippen LogP contribution in [0.1, 0.15) is 2.85 Å². The average molecular weight is 262 g/mol. The second kappa shape index (κ2) is 16.7. The van der Waals surface area contributed by atoms with E-state index < -0.39 is 0 Å². The van der Waals surface area contributed by atoms with Gasteiger partial charge in [-0.3, -0.25) is 0 Å². The summed E-state index contributed by atoms with van der Waals surface area (Å²) in [5, 5.41) is 0. The molecule has 0 atom stereocenters. The largest absolute Gasteiger partial charge is 2.00 e. The first-order valence-electron chi connectivity index (χ1n) is 0. The molecule has 0 aliphatic carbocycles. The quantitative estimate of drug-likeness (QED) is 0.532. The van der Waals surface area contributed by atoms with Gasteiger partial charge >= 0.3 is 45.5 Å². The zero-order chi connectivity index (χ0) is 0. The van der Waals surface area contributed by atoms with Gasteiger partial charge in [-0.25, -0.2) is 0 Å². The van der Waals surface area contributed by atoms with Crippen molar-refractivity contribution in [3.63, 3.8) is 0 Å². The third kappa shape index (κ3) is 8.89. The van der Waals surface area contributed by atoms with E-state index in [4.69, 9.17) is 0 Å². The van der Waals surface area contributed by atoms with Crippen molar-refractivity contribution in [1.82, 2.24) is 0 Å². The summed E-state index contributed by atoms with van der Waals surface area (Å²) < 4.78 is 0. The van der Waals surface area contributed by atoms with Gasteiger partial charge in [-0.15, -0.1) is 0 Å². The van der Waals surface area contributed by atoms with Crippen LogP contribution in [0.25, 0.3) is 0 Å². The molecule has 0 fully saturated rings. The topological polar surface area (TPSA) is 0 Å². The molecule has 0 saturated heterocycles. The predicted octanol–water partition coefficient (Wildman–Crippen LogP) is -0.163. The van der Waals surface area contributed by atoms with E-state index in [0.29, 0.717) is 0 Å². The summed E-state index contributed by atoms with van der Waals surface area (Å²) in [6.07, 6.45) is 0. The number of hydrogen-bond donors (Lipinski definition) is 0. The van der Waals surface area contributed by atoms with Crippen LogP contribution in [-0.4, -0.2) is 45.5 Å². The summed E-state index contributed by atoms with van der Waals surface area (Å²) in [4.78, 5) is 0. The average Bonchev–Trinajstić information content (AvgIpc) is 0. The fourth-order valence-electron chi connectivity index (χ4n) is 0. The minimum absolute atomic E-state index is 0. The molecule has 0 nitrogen and oxygen atoms in total. The molecule has 0 saturated carbocycles. The van der Waals surface area contributed by atoms with Gasteiger partial charge in [-0.2, -0.15) is 0 Å². The third-order valence-electron chi connectivity index (χ3n) is 0. The van der Waals surface area contributed by atoms with Gasteiger partial charge in [0.1, 0.15) is 0 Å². The van der Waals surface area contributed by atoms with Gasteiger partial charge in [0, 0.05) is 50.3 Å². The Bertz CT molecular complexity index is 13.5. The first kappa shape index (κ1) is 28.0. The van der Waals surface area contributed by atoms with E-state index in [0.717, 1.165) is 0 Å². The van der Waals surface area contributed by atoms with Gasteiger partial charge in [0.2, 0.25) is 0 Å². The van der Waals surface area contributed by atoms with Crippen LogP contribution < -0.4 is 0 Å². The Morgan fingerprint density at radius 3 is 1.25 bits per heavy atom. The summed E-state index contributed by atoms with van der Waals surface area (Å²) in [6.45, 7) is 0. The molecule has 0 aromatic carbocycles. The maximum absolute atomic E-state index is 0. The SMILES string of the molecule is [Co].[H-].[H-].[Mn].[Ni].[Sr+2]. The van der Waals surface area contributed by atoms with E-state index in [2.05, 4.69) is 0 Å². The Hall–Kier alpha value is 3.00. The Labute approximate surface area is 96.7 Å². The van der Waals surface area contributed by atoms with E-state index in [1.165, 1.54) is 0 Å². The van der Waals surface area contributed by atoms with Crippen LogP contribution >= 0.6 is 0 Å². The first-order valence-corrected chi connectivity index (χ1v) is 0. The van der Waals surface area contributed by atoms with Crippen molar-refractivity contribution in [2.24, 2.45) is 0 Å². The minimum atomic E-state index is 0. The molecule has 0 bridgehead atoms. The van der Waals surface area contributed by atoms with Gasteiger partial charge in [0.25, 0.3) is 0 Å². The Morgan fingerprint density at radius 2 is 1.25 bits per heavy atom. The summed E-state index contributed by atoms with van der Waals surface area (Å²) >= 11 is 0. The Morgan fingerprint density at radius 1 is 1.25 bits per heavy atom. The van der Waals surface area contributed by atoms with Crippen molar-refractivity contribution in [3.8, 4) is 0 Å². The molecule has 0 heterocycles. The first-order chi connectivity index (χ1) is 0. The van der Waals surface area contributed by atoms with E-state index in [9.17, 15) is 0 Å². The van der Waals surface area contributed by atoms with E-state index in [-0.39, 0.29) is 98.7 Å². The molecule has 4 heteroatoms. The van der Waals surface area contributed by atoms with Crippen LogP contribution in [0.2, 0.25) is 0 Å². The molecule has 0 aromatic heterocycles. The van der Waals surface area contributed by atoms with E-state index in [1.807, 2.05) is 0 Å². The van der Waals surface area contributed by atoms with Crippen molar-refractivity contribution < 1.29 is 53.2 Å². The normalized spacial score (nSPS) is 0. The molecule has 0 aliphatic rings. The molecule has 0 N–H and O–H groups in total. The molecule has 0 amide bonds. The monoisotopic (exact) mass is 262 g/mol. The zero-order valence-electron chi connectivity index (χ0n) is 3.73. The van der Waals surface area contributed by atoms with Crippen molar-refractivity contribution in [2.75, 3.05) is 0 Å². The van der Waals surface area contributed by atoms with Crippen LogP contribution in [0.15, 0.2) is 0 Å². The van der Waals surface area contributed by atoms with Crippen molar-refractivity contribution in [1.29, 1.82) is 0 Å². The summed E-state index contributed by atoms with van der Waals surface area (Å²) in [5.41, 5.74) is 0. The van der Waals surface area contributed by atoms with Gasteiger partial charge in [-0.1, -0.05) is 0 Å². The second-order valence-corrected chi connectivity index (χ2v) is 0. The fraction of sp³-hybridized carbons (Fsp3) is 0. The molecule has 2 radical (unpaired) electrons. The summed E-state index contributed by atoms with van der Waals surface area (Å²) in [6, 6.07) is 0. The van der Waals surface area contributed by atoms with Crippen LogP contribution in [0, 0.1) is 0 Å². The molecular weight excluding hydrogens is 260 g/mol. The summed E-state index contributed by atoms with van der Waals surface area (Å²) in [7, 11) is 0. The smallest absolute Gasteiger partial charge is 1.00 e. The van der Waals surface area contributed by atoms with E-state index >= 15 is 0 Å². The second-order valence-electron chi connectivity index (χ2n) is 0. The molecule has 0 aromatic rings. The van der Waals surface area contributed by atoms with Gasteiger partial charge in [0.05, 0.1) is 0 Å². The molecule has 0 spiro atoms. The van der Waals surface area contributed by atoms with Crippen molar-refractivity contribution >= 4 is 45.5 Å². The molecule has 30 valence electrons. The van der Waals surface area contributed by atoms with Crippen LogP contribution in [0.4, 0.5) is 0 Å². The van der Waals surface area contributed by atoms with Crippen molar-refractivity contribution in [3.05, 3.63) is 0 Å². The maximum Gasteiger partial charge on any atom is 2.00 e. The molecule has 4 heavy (non-hydrogen) atoms. The molecular formula is H2CoMnNiSr. The standard InChI is InChI=1S/Co.Mn.Ni.Sr.2H/q;;;+2;2*-1. The van der Waals surface area contributed by atoms with Crippen LogP contribution in [0.3, 0.4) is 0 Å². The van der Waals surface area contributed by atoms with Gasteiger partial charge in [0.15, 0.2) is 0 Å². The Balaban J connectivity index is 0. The fourth-order valence-corrected chi connectivity index (χ4v) is 0. The maximum atomic E-state index is 0. The molecule has 0 rings (SSSR count). The molecule has 0 aliphatic heterocycles. The Kier molecular flexibility index (Phi) is 117. The van der Waals surface area contributed by atoms with Crippen LogP contribution in [0.5, 0.6) is 0 Å². The van der Waals surface area contributed by atoms with E-state index in [1.54, 1.807) is 0 Å². The zero-order valence-corrected chi connectivity index (χ0v) is 8.42. The number of hydrogen-bond acceptors (Lipinski definition) is 0. The summed E-state index contributed by atoms with van der Waals surface area (Å²) in [5.74, 6) is 0. The predicted molar refractivity (Wildman–Crippen MR) is 7.98 cm³/mol. The minimum Gasteiger partial charge on any atom is -1.00 e. The number of rotatable bonds is 0. The van der Waals surface area contributed by atoms with Gasteiger partial charge < -0.3 is 2.85 Å². The molecule has 0 unspecified atom stereocenters.